The van der Waals surface area contributed by atoms with Gasteiger partial charge in [0, 0.05) is 6.61 Å². The lowest BCUT2D eigenvalue weighted by Crippen LogP contribution is -2.28. The lowest BCUT2D eigenvalue weighted by atomic mass is 10.1. The number of nitrogens with one attached hydrogen (secondary N) is 1. The molecule has 1 N–H and O–H groups in total. The van der Waals surface area contributed by atoms with Crippen molar-refractivity contribution in [2.45, 2.75) is 33.3 Å². The topological polar surface area (TPSA) is 55.0 Å². The molecule has 0 spiro atoms. The summed E-state index contributed by atoms with van der Waals surface area (Å²) >= 11 is 3.17. The Morgan fingerprint density at radius 3 is 2.60 bits per heavy atom. The third kappa shape index (κ3) is 2.66. The minimum atomic E-state index is -0.570. The van der Waals surface area contributed by atoms with E-state index < -0.39 is 5.60 Å². The van der Waals surface area contributed by atoms with E-state index in [1.165, 1.54) is 0 Å². The second-order valence-corrected chi connectivity index (χ2v) is 4.55. The van der Waals surface area contributed by atoms with Crippen molar-refractivity contribution >= 4 is 15.9 Å². The van der Waals surface area contributed by atoms with Crippen LogP contribution in [0.25, 0.3) is 0 Å². The maximum absolute atomic E-state index is 11.5. The van der Waals surface area contributed by atoms with Gasteiger partial charge in [0.1, 0.15) is 15.9 Å². The highest BCUT2D eigenvalue weighted by Gasteiger charge is 2.24. The first-order chi connectivity index (χ1) is 6.88. The number of halogens is 1. The molecular weight excluding hydrogens is 260 g/mol. The zero-order valence-electron chi connectivity index (χ0n) is 9.35. The summed E-state index contributed by atoms with van der Waals surface area (Å²) in [4.78, 5) is 18.5. The van der Waals surface area contributed by atoms with Gasteiger partial charge in [-0.25, -0.2) is 4.98 Å². The quantitative estimate of drug-likeness (QED) is 0.919. The lowest BCUT2D eigenvalue weighted by molar-refractivity contribution is -0.0211. The van der Waals surface area contributed by atoms with E-state index in [0.29, 0.717) is 22.6 Å². The summed E-state index contributed by atoms with van der Waals surface area (Å²) in [6, 6.07) is 0. The summed E-state index contributed by atoms with van der Waals surface area (Å²) in [5, 5.41) is 0. The average Bonchev–Trinajstić information content (AvgIpc) is 2.13. The van der Waals surface area contributed by atoms with E-state index in [9.17, 15) is 4.79 Å². The molecule has 4 nitrogen and oxygen atoms in total. The summed E-state index contributed by atoms with van der Waals surface area (Å²) in [5.41, 5.74) is -0.0777. The zero-order chi connectivity index (χ0) is 11.6. The normalized spacial score (nSPS) is 11.8. The molecule has 5 heteroatoms. The van der Waals surface area contributed by atoms with Gasteiger partial charge in [-0.15, -0.1) is 0 Å². The maximum atomic E-state index is 11.5. The van der Waals surface area contributed by atoms with Crippen LogP contribution in [0.5, 0.6) is 0 Å². The van der Waals surface area contributed by atoms with Crippen LogP contribution in [0.1, 0.15) is 32.3 Å². The van der Waals surface area contributed by atoms with Crippen LogP contribution in [0.4, 0.5) is 0 Å². The van der Waals surface area contributed by atoms with Crippen LogP contribution in [0, 0.1) is 6.92 Å². The molecule has 0 radical (unpaired) electrons. The second kappa shape index (κ2) is 4.45. The Morgan fingerprint density at radius 2 is 2.13 bits per heavy atom. The van der Waals surface area contributed by atoms with Gasteiger partial charge in [-0.1, -0.05) is 0 Å². The molecule has 0 unspecified atom stereocenters. The fraction of sp³-hybridized carbons (Fsp3) is 0.600. The van der Waals surface area contributed by atoms with Gasteiger partial charge in [-0.3, -0.25) is 4.79 Å². The monoisotopic (exact) mass is 274 g/mol. The van der Waals surface area contributed by atoms with E-state index in [-0.39, 0.29) is 5.56 Å². The van der Waals surface area contributed by atoms with Crippen LogP contribution in [-0.4, -0.2) is 16.6 Å². The SMILES string of the molecule is CCOC(C)(C)c1nc(C)c(Br)c(=O)[nH]1. The van der Waals surface area contributed by atoms with Crippen molar-refractivity contribution in [2.24, 2.45) is 0 Å². The third-order valence-electron chi connectivity index (χ3n) is 2.10. The van der Waals surface area contributed by atoms with Crippen molar-refractivity contribution in [3.8, 4) is 0 Å². The fourth-order valence-electron chi connectivity index (χ4n) is 1.29. The van der Waals surface area contributed by atoms with Crippen LogP contribution < -0.4 is 5.56 Å². The largest absolute Gasteiger partial charge is 0.368 e. The van der Waals surface area contributed by atoms with Crippen molar-refractivity contribution in [3.05, 3.63) is 26.3 Å². The Labute approximate surface area is 97.2 Å². The minimum absolute atomic E-state index is 0.176. The second-order valence-electron chi connectivity index (χ2n) is 3.76. The van der Waals surface area contributed by atoms with Gasteiger partial charge < -0.3 is 9.72 Å². The summed E-state index contributed by atoms with van der Waals surface area (Å²) in [7, 11) is 0. The van der Waals surface area contributed by atoms with Crippen molar-refractivity contribution in [1.29, 1.82) is 0 Å². The molecule has 1 heterocycles. The predicted octanol–water partition coefficient (Wildman–Crippen LogP) is 2.11. The number of ether oxygens (including phenoxy) is 1. The molecule has 0 aliphatic heterocycles. The number of aryl methyl sites for hydroxylation is 1. The molecule has 0 aliphatic rings. The predicted molar refractivity (Wildman–Crippen MR) is 61.9 cm³/mol. The Morgan fingerprint density at radius 1 is 1.53 bits per heavy atom. The van der Waals surface area contributed by atoms with E-state index in [1.807, 2.05) is 20.8 Å². The molecule has 1 rings (SSSR count). The number of H-pyrrole nitrogens is 1. The highest BCUT2D eigenvalue weighted by atomic mass is 79.9. The molecule has 0 fully saturated rings. The van der Waals surface area contributed by atoms with E-state index in [2.05, 4.69) is 25.9 Å². The number of hydrogen-bond acceptors (Lipinski definition) is 3. The van der Waals surface area contributed by atoms with Gasteiger partial charge in [0.2, 0.25) is 0 Å². The van der Waals surface area contributed by atoms with E-state index in [0.717, 1.165) is 0 Å². The molecule has 15 heavy (non-hydrogen) atoms. The first-order valence-corrected chi connectivity index (χ1v) is 5.58. The van der Waals surface area contributed by atoms with Crippen molar-refractivity contribution < 1.29 is 4.74 Å². The first-order valence-electron chi connectivity index (χ1n) is 4.79. The molecule has 0 bridgehead atoms. The van der Waals surface area contributed by atoms with Gasteiger partial charge in [-0.2, -0.15) is 0 Å². The first kappa shape index (κ1) is 12.4. The van der Waals surface area contributed by atoms with Gasteiger partial charge >= 0.3 is 0 Å². The van der Waals surface area contributed by atoms with Gasteiger partial charge in [0.15, 0.2) is 0 Å². The Hall–Kier alpha value is -0.680. The standard InChI is InChI=1S/C10H15BrN2O2/c1-5-15-10(3,4)9-12-6(2)7(11)8(14)13-9/h5H2,1-4H3,(H,12,13,14). The smallest absolute Gasteiger partial charge is 0.265 e. The van der Waals surface area contributed by atoms with Crippen molar-refractivity contribution in [3.63, 3.8) is 0 Å². The number of aromatic amines is 1. The Balaban J connectivity index is 3.22. The summed E-state index contributed by atoms with van der Waals surface area (Å²) in [6.07, 6.45) is 0. The Kier molecular flexibility index (Phi) is 3.67. The number of hydrogen-bond donors (Lipinski definition) is 1. The van der Waals surface area contributed by atoms with Crippen LogP contribution in [-0.2, 0) is 10.3 Å². The highest BCUT2D eigenvalue weighted by molar-refractivity contribution is 9.10. The third-order valence-corrected chi connectivity index (χ3v) is 3.04. The van der Waals surface area contributed by atoms with Gasteiger partial charge in [-0.05, 0) is 43.6 Å². The molecule has 0 saturated carbocycles. The van der Waals surface area contributed by atoms with Crippen LogP contribution in [0.3, 0.4) is 0 Å². The Bertz CT molecular complexity index is 412. The van der Waals surface area contributed by atoms with E-state index in [1.54, 1.807) is 6.92 Å². The average molecular weight is 275 g/mol. The van der Waals surface area contributed by atoms with E-state index in [4.69, 9.17) is 4.74 Å². The lowest BCUT2D eigenvalue weighted by Gasteiger charge is -2.23. The minimum Gasteiger partial charge on any atom is -0.368 e. The number of rotatable bonds is 3. The van der Waals surface area contributed by atoms with Crippen molar-refractivity contribution in [1.82, 2.24) is 9.97 Å². The molecule has 0 aliphatic carbocycles. The van der Waals surface area contributed by atoms with Crippen LogP contribution >= 0.6 is 15.9 Å². The van der Waals surface area contributed by atoms with Crippen LogP contribution in [0.15, 0.2) is 9.27 Å². The molecule has 0 aromatic carbocycles. The summed E-state index contributed by atoms with van der Waals surface area (Å²) in [6.45, 7) is 8.02. The van der Waals surface area contributed by atoms with Gasteiger partial charge in [0.25, 0.3) is 5.56 Å². The highest BCUT2D eigenvalue weighted by Crippen LogP contribution is 2.21. The van der Waals surface area contributed by atoms with Gasteiger partial charge in [0.05, 0.1) is 5.69 Å². The molecule has 1 aromatic heterocycles. The summed E-state index contributed by atoms with van der Waals surface area (Å²) in [5.74, 6) is 0.551. The molecular formula is C10H15BrN2O2. The molecule has 84 valence electrons. The fourth-order valence-corrected chi connectivity index (χ4v) is 1.47. The summed E-state index contributed by atoms with van der Waals surface area (Å²) < 4.78 is 5.99. The molecule has 1 aromatic rings. The van der Waals surface area contributed by atoms with E-state index >= 15 is 0 Å². The molecule has 0 atom stereocenters. The van der Waals surface area contributed by atoms with Crippen molar-refractivity contribution in [2.75, 3.05) is 6.61 Å². The molecule has 0 amide bonds. The zero-order valence-corrected chi connectivity index (χ0v) is 10.9. The maximum Gasteiger partial charge on any atom is 0.265 e. The number of nitrogens with zero attached hydrogens (tertiary/aromatic N) is 1. The number of aromatic nitrogens is 2. The molecule has 0 saturated heterocycles. The van der Waals surface area contributed by atoms with Crippen LogP contribution in [0.2, 0.25) is 0 Å².